The lowest BCUT2D eigenvalue weighted by molar-refractivity contribution is 0.0948. The van der Waals surface area contributed by atoms with Gasteiger partial charge in [-0.15, -0.1) is 0 Å². The molecule has 0 aromatic carbocycles. The van der Waals surface area contributed by atoms with Gasteiger partial charge in [-0.1, -0.05) is 0 Å². The molecule has 1 aromatic heterocycles. The Balaban J connectivity index is 1.87. The predicted octanol–water partition coefficient (Wildman–Crippen LogP) is 0.288. The lowest BCUT2D eigenvalue weighted by atomic mass is 10.1. The minimum atomic E-state index is -2.89. The van der Waals surface area contributed by atoms with Crippen molar-refractivity contribution in [2.24, 2.45) is 5.92 Å². The van der Waals surface area contributed by atoms with Crippen molar-refractivity contribution in [2.45, 2.75) is 6.42 Å². The van der Waals surface area contributed by atoms with E-state index in [1.807, 2.05) is 0 Å². The number of amides is 1. The molecule has 1 atom stereocenters. The molecule has 0 aliphatic carbocycles. The summed E-state index contributed by atoms with van der Waals surface area (Å²) in [5, 5.41) is 5.62. The molecule has 6 nitrogen and oxygen atoms in total. The second-order valence-corrected chi connectivity index (χ2v) is 6.89. The van der Waals surface area contributed by atoms with Crippen LogP contribution in [0.15, 0.2) is 18.3 Å². The topological polar surface area (TPSA) is 88.2 Å². The van der Waals surface area contributed by atoms with Gasteiger partial charge in [0, 0.05) is 19.8 Å². The Morgan fingerprint density at radius 1 is 1.47 bits per heavy atom. The molecule has 2 rings (SSSR count). The summed E-state index contributed by atoms with van der Waals surface area (Å²) in [6.07, 6.45) is 2.12. The van der Waals surface area contributed by atoms with Gasteiger partial charge in [0.05, 0.1) is 17.1 Å². The van der Waals surface area contributed by atoms with Crippen LogP contribution in [-0.2, 0) is 9.84 Å². The third-order valence-electron chi connectivity index (χ3n) is 3.16. The maximum atomic E-state index is 11.8. The molecule has 0 saturated carbocycles. The summed E-state index contributed by atoms with van der Waals surface area (Å²) in [4.78, 5) is 15.9. The molecule has 1 fully saturated rings. The number of anilines is 1. The fourth-order valence-corrected chi connectivity index (χ4v) is 3.91. The van der Waals surface area contributed by atoms with Crippen LogP contribution in [0.5, 0.6) is 0 Å². The molecule has 104 valence electrons. The number of carbonyl (C=O) groups is 1. The zero-order valence-corrected chi connectivity index (χ0v) is 11.5. The van der Waals surface area contributed by atoms with Crippen LogP contribution >= 0.6 is 0 Å². The van der Waals surface area contributed by atoms with Gasteiger partial charge in [0.15, 0.2) is 9.84 Å². The number of nitrogens with zero attached hydrogens (tertiary/aromatic N) is 1. The monoisotopic (exact) mass is 283 g/mol. The quantitative estimate of drug-likeness (QED) is 0.829. The van der Waals surface area contributed by atoms with Crippen LogP contribution in [0.1, 0.15) is 16.8 Å². The van der Waals surface area contributed by atoms with Crippen molar-refractivity contribution in [3.05, 3.63) is 23.9 Å². The van der Waals surface area contributed by atoms with Gasteiger partial charge in [-0.3, -0.25) is 4.79 Å². The van der Waals surface area contributed by atoms with E-state index in [-0.39, 0.29) is 23.3 Å². The van der Waals surface area contributed by atoms with E-state index in [2.05, 4.69) is 15.6 Å². The first kappa shape index (κ1) is 13.8. The fourth-order valence-electron chi connectivity index (χ4n) is 2.05. The highest BCUT2D eigenvalue weighted by atomic mass is 32.2. The van der Waals surface area contributed by atoms with Crippen molar-refractivity contribution in [3.63, 3.8) is 0 Å². The molecule has 19 heavy (non-hydrogen) atoms. The SMILES string of the molecule is CNc1ccc(C(=O)NCC2CCS(=O)(=O)C2)cn1. The predicted molar refractivity (Wildman–Crippen MR) is 72.9 cm³/mol. The Labute approximate surface area is 112 Å². The van der Waals surface area contributed by atoms with Gasteiger partial charge in [-0.25, -0.2) is 13.4 Å². The molecule has 1 aliphatic heterocycles. The highest BCUT2D eigenvalue weighted by molar-refractivity contribution is 7.91. The van der Waals surface area contributed by atoms with E-state index in [9.17, 15) is 13.2 Å². The lowest BCUT2D eigenvalue weighted by Crippen LogP contribution is -2.29. The summed E-state index contributed by atoms with van der Waals surface area (Å²) >= 11 is 0. The van der Waals surface area contributed by atoms with Gasteiger partial charge in [0.2, 0.25) is 0 Å². The largest absolute Gasteiger partial charge is 0.373 e. The van der Waals surface area contributed by atoms with E-state index in [4.69, 9.17) is 0 Å². The third kappa shape index (κ3) is 3.66. The maximum absolute atomic E-state index is 11.8. The van der Waals surface area contributed by atoms with E-state index in [1.165, 1.54) is 6.20 Å². The van der Waals surface area contributed by atoms with E-state index in [0.29, 0.717) is 24.3 Å². The van der Waals surface area contributed by atoms with Crippen LogP contribution in [0.25, 0.3) is 0 Å². The molecule has 1 saturated heterocycles. The Bertz CT molecular complexity index is 554. The zero-order chi connectivity index (χ0) is 13.9. The number of pyridine rings is 1. The van der Waals surface area contributed by atoms with Crippen LogP contribution in [-0.4, -0.2) is 44.4 Å². The van der Waals surface area contributed by atoms with E-state index in [0.717, 1.165) is 0 Å². The Morgan fingerprint density at radius 3 is 2.79 bits per heavy atom. The van der Waals surface area contributed by atoms with Gasteiger partial charge in [-0.2, -0.15) is 0 Å². The van der Waals surface area contributed by atoms with Crippen LogP contribution < -0.4 is 10.6 Å². The number of sulfone groups is 1. The second kappa shape index (κ2) is 5.56. The summed E-state index contributed by atoms with van der Waals surface area (Å²) in [6.45, 7) is 0.395. The van der Waals surface area contributed by atoms with Crippen LogP contribution in [0, 0.1) is 5.92 Å². The Kier molecular flexibility index (Phi) is 4.04. The number of nitrogens with one attached hydrogen (secondary N) is 2. The molecule has 2 N–H and O–H groups in total. The van der Waals surface area contributed by atoms with Gasteiger partial charge >= 0.3 is 0 Å². The van der Waals surface area contributed by atoms with E-state index >= 15 is 0 Å². The summed E-state index contributed by atoms with van der Waals surface area (Å²) in [7, 11) is -1.14. The minimum absolute atomic E-state index is 0.0264. The smallest absolute Gasteiger partial charge is 0.252 e. The molecule has 7 heteroatoms. The first-order chi connectivity index (χ1) is 9.00. The number of hydrogen-bond donors (Lipinski definition) is 2. The standard InChI is InChI=1S/C12H17N3O3S/c1-13-11-3-2-10(7-14-11)12(16)15-6-9-4-5-19(17,18)8-9/h2-3,7,9H,4-6,8H2,1H3,(H,13,14)(H,15,16). The van der Waals surface area contributed by atoms with Crippen LogP contribution in [0.4, 0.5) is 5.82 Å². The average Bonchev–Trinajstić information content (AvgIpc) is 2.76. The molecule has 1 aromatic rings. The highest BCUT2D eigenvalue weighted by Crippen LogP contribution is 2.17. The molecular formula is C12H17N3O3S. The van der Waals surface area contributed by atoms with Gasteiger partial charge < -0.3 is 10.6 Å². The zero-order valence-electron chi connectivity index (χ0n) is 10.7. The number of rotatable bonds is 4. The van der Waals surface area contributed by atoms with Gasteiger partial charge in [-0.05, 0) is 24.5 Å². The summed E-state index contributed by atoms with van der Waals surface area (Å²) in [5.41, 5.74) is 0.472. The molecule has 2 heterocycles. The molecular weight excluding hydrogens is 266 g/mol. The normalized spacial score (nSPS) is 21.0. The van der Waals surface area contributed by atoms with Gasteiger partial charge in [0.25, 0.3) is 5.91 Å². The fraction of sp³-hybridized carbons (Fsp3) is 0.500. The van der Waals surface area contributed by atoms with Crippen molar-refractivity contribution in [3.8, 4) is 0 Å². The van der Waals surface area contributed by atoms with Crippen molar-refractivity contribution >= 4 is 21.6 Å². The lowest BCUT2D eigenvalue weighted by Gasteiger charge is -2.09. The molecule has 0 bridgehead atoms. The molecule has 1 amide bonds. The summed E-state index contributed by atoms with van der Waals surface area (Å²) in [5.74, 6) is 0.896. The molecule has 0 radical (unpaired) electrons. The third-order valence-corrected chi connectivity index (χ3v) is 5.00. The number of carbonyl (C=O) groups excluding carboxylic acids is 1. The Hall–Kier alpha value is -1.63. The average molecular weight is 283 g/mol. The highest BCUT2D eigenvalue weighted by Gasteiger charge is 2.27. The summed E-state index contributed by atoms with van der Waals surface area (Å²) in [6, 6.07) is 3.40. The van der Waals surface area contributed by atoms with Crippen LogP contribution in [0.2, 0.25) is 0 Å². The van der Waals surface area contributed by atoms with Gasteiger partial charge in [0.1, 0.15) is 5.82 Å². The molecule has 1 aliphatic rings. The molecule has 0 spiro atoms. The van der Waals surface area contributed by atoms with Crippen LogP contribution in [0.3, 0.4) is 0 Å². The summed E-state index contributed by atoms with van der Waals surface area (Å²) < 4.78 is 22.6. The van der Waals surface area contributed by atoms with E-state index < -0.39 is 9.84 Å². The molecule has 1 unspecified atom stereocenters. The van der Waals surface area contributed by atoms with Crippen molar-refractivity contribution < 1.29 is 13.2 Å². The minimum Gasteiger partial charge on any atom is -0.373 e. The second-order valence-electron chi connectivity index (χ2n) is 4.66. The van der Waals surface area contributed by atoms with Crippen molar-refractivity contribution in [1.82, 2.24) is 10.3 Å². The van der Waals surface area contributed by atoms with Crippen molar-refractivity contribution in [2.75, 3.05) is 30.4 Å². The number of aromatic nitrogens is 1. The Morgan fingerprint density at radius 2 is 2.26 bits per heavy atom. The van der Waals surface area contributed by atoms with Crippen molar-refractivity contribution in [1.29, 1.82) is 0 Å². The van der Waals surface area contributed by atoms with E-state index in [1.54, 1.807) is 19.2 Å². The number of hydrogen-bond acceptors (Lipinski definition) is 5. The first-order valence-electron chi connectivity index (χ1n) is 6.12. The maximum Gasteiger partial charge on any atom is 0.252 e. The first-order valence-corrected chi connectivity index (χ1v) is 7.95.